The first-order chi connectivity index (χ1) is 8.90. The number of ether oxygens (including phenoxy) is 1. The van der Waals surface area contributed by atoms with Crippen LogP contribution in [0.15, 0.2) is 18.2 Å². The Kier molecular flexibility index (Phi) is 5.32. The van der Waals surface area contributed by atoms with Gasteiger partial charge >= 0.3 is 5.97 Å². The Balaban J connectivity index is 3.36. The van der Waals surface area contributed by atoms with Crippen LogP contribution in [-0.4, -0.2) is 28.6 Å². The lowest BCUT2D eigenvalue weighted by Gasteiger charge is -2.18. The van der Waals surface area contributed by atoms with Crippen LogP contribution in [0.3, 0.4) is 0 Å². The second kappa shape index (κ2) is 6.54. The highest BCUT2D eigenvalue weighted by molar-refractivity contribution is 6.31. The van der Waals surface area contributed by atoms with Gasteiger partial charge in [0.15, 0.2) is 11.9 Å². The molecule has 0 fully saturated rings. The third kappa shape index (κ3) is 3.45. The molecule has 0 saturated carbocycles. The van der Waals surface area contributed by atoms with E-state index in [1.54, 1.807) is 13.0 Å². The van der Waals surface area contributed by atoms with Crippen molar-refractivity contribution >= 4 is 23.4 Å². The summed E-state index contributed by atoms with van der Waals surface area (Å²) in [5, 5.41) is 17.6. The van der Waals surface area contributed by atoms with Gasteiger partial charge in [0.1, 0.15) is 11.1 Å². The summed E-state index contributed by atoms with van der Waals surface area (Å²) in [4.78, 5) is 22.2. The Hall–Kier alpha value is -1.59. The van der Waals surface area contributed by atoms with Crippen molar-refractivity contribution in [2.24, 2.45) is 0 Å². The van der Waals surface area contributed by atoms with Gasteiger partial charge in [0.05, 0.1) is 6.61 Å². The number of aliphatic hydroxyl groups excluding tert-OH is 1. The van der Waals surface area contributed by atoms with Crippen LogP contribution in [0, 0.1) is 0 Å². The summed E-state index contributed by atoms with van der Waals surface area (Å²) in [5.41, 5.74) is 0.438. The average Bonchev–Trinajstić information content (AvgIpc) is 2.37. The topological polar surface area (TPSA) is 83.8 Å². The minimum Gasteiger partial charge on any atom is -0.493 e. The fraction of sp³-hybridized carbons (Fsp3) is 0.385. The molecule has 2 atom stereocenters. The zero-order valence-electron chi connectivity index (χ0n) is 10.6. The molecule has 1 aromatic carbocycles. The fourth-order valence-electron chi connectivity index (χ4n) is 1.65. The van der Waals surface area contributed by atoms with Crippen molar-refractivity contribution in [1.82, 2.24) is 0 Å². The van der Waals surface area contributed by atoms with E-state index < -0.39 is 17.5 Å². The van der Waals surface area contributed by atoms with Gasteiger partial charge in [-0.2, -0.15) is 0 Å². The quantitative estimate of drug-likeness (QED) is 0.782. The molecular weight excluding hydrogens is 272 g/mol. The Morgan fingerprint density at radius 2 is 1.95 bits per heavy atom. The predicted molar refractivity (Wildman–Crippen MR) is 69.5 cm³/mol. The number of hydrogen-bond acceptors (Lipinski definition) is 4. The van der Waals surface area contributed by atoms with Gasteiger partial charge in [-0.3, -0.25) is 4.79 Å². The van der Waals surface area contributed by atoms with Crippen LogP contribution >= 0.6 is 11.6 Å². The summed E-state index contributed by atoms with van der Waals surface area (Å²) in [7, 11) is 0. The molecule has 104 valence electrons. The molecular formula is C13H15ClO5. The normalized spacial score (nSPS) is 13.7. The Morgan fingerprint density at radius 1 is 1.37 bits per heavy atom. The van der Waals surface area contributed by atoms with Crippen molar-refractivity contribution in [2.45, 2.75) is 25.3 Å². The molecule has 0 aliphatic rings. The maximum absolute atomic E-state index is 11.3. The molecule has 0 heterocycles. The van der Waals surface area contributed by atoms with Crippen LogP contribution < -0.4 is 4.74 Å². The smallest absolute Gasteiger partial charge is 0.337 e. The van der Waals surface area contributed by atoms with Crippen molar-refractivity contribution in [3.63, 3.8) is 0 Å². The molecule has 1 rings (SSSR count). The van der Waals surface area contributed by atoms with E-state index >= 15 is 0 Å². The zero-order chi connectivity index (χ0) is 14.6. The Labute approximate surface area is 115 Å². The lowest BCUT2D eigenvalue weighted by atomic mass is 10.0. The molecule has 0 saturated heterocycles. The van der Waals surface area contributed by atoms with E-state index in [0.29, 0.717) is 5.56 Å². The van der Waals surface area contributed by atoms with Crippen molar-refractivity contribution in [3.8, 4) is 5.75 Å². The molecule has 0 spiro atoms. The highest BCUT2D eigenvalue weighted by Gasteiger charge is 2.26. The van der Waals surface area contributed by atoms with Crippen molar-refractivity contribution < 1.29 is 24.5 Å². The number of carbonyl (C=O) groups excluding carboxylic acids is 1. The molecule has 2 unspecified atom stereocenters. The summed E-state index contributed by atoms with van der Waals surface area (Å²) in [5.74, 6) is -1.54. The number of ketones is 1. The highest BCUT2D eigenvalue weighted by atomic mass is 35.5. The molecule has 2 N–H and O–H groups in total. The number of carboxylic acids is 1. The van der Waals surface area contributed by atoms with Gasteiger partial charge in [-0.25, -0.2) is 4.79 Å². The number of hydrogen-bond donors (Lipinski definition) is 2. The van der Waals surface area contributed by atoms with E-state index in [9.17, 15) is 14.7 Å². The summed E-state index contributed by atoms with van der Waals surface area (Å²) in [6, 6.07) is 4.52. The SMILES string of the molecule is CCOc1c(C(O)C(=O)O)cccc1C(Cl)C(C)=O. The number of aliphatic hydroxyl groups is 1. The number of carboxylic acid groups (broad SMARTS) is 1. The first-order valence-electron chi connectivity index (χ1n) is 5.71. The van der Waals surface area contributed by atoms with Gasteiger partial charge < -0.3 is 14.9 Å². The molecule has 6 heteroatoms. The fourth-order valence-corrected chi connectivity index (χ4v) is 1.82. The van der Waals surface area contributed by atoms with E-state index in [0.717, 1.165) is 0 Å². The van der Waals surface area contributed by atoms with Crippen molar-refractivity contribution in [3.05, 3.63) is 29.3 Å². The first-order valence-corrected chi connectivity index (χ1v) is 6.14. The lowest BCUT2D eigenvalue weighted by molar-refractivity contribution is -0.147. The van der Waals surface area contributed by atoms with Gasteiger partial charge in [-0.1, -0.05) is 18.2 Å². The number of para-hydroxylation sites is 1. The van der Waals surface area contributed by atoms with Gasteiger partial charge in [0.25, 0.3) is 0 Å². The van der Waals surface area contributed by atoms with Crippen LogP contribution in [0.25, 0.3) is 0 Å². The maximum atomic E-state index is 11.3. The maximum Gasteiger partial charge on any atom is 0.337 e. The standard InChI is InChI=1S/C13H15ClO5/c1-3-19-12-8(10(14)7(2)15)5-4-6-9(12)11(16)13(17)18/h4-6,10-11,16H,3H2,1-2H3,(H,17,18). The zero-order valence-corrected chi connectivity index (χ0v) is 11.3. The average molecular weight is 287 g/mol. The molecule has 1 aromatic rings. The minimum atomic E-state index is -1.72. The monoisotopic (exact) mass is 286 g/mol. The van der Waals surface area contributed by atoms with Crippen molar-refractivity contribution in [1.29, 1.82) is 0 Å². The first kappa shape index (κ1) is 15.5. The molecule has 0 radical (unpaired) electrons. The Morgan fingerprint density at radius 3 is 2.42 bits per heavy atom. The van der Waals surface area contributed by atoms with E-state index in [4.69, 9.17) is 21.4 Å². The highest BCUT2D eigenvalue weighted by Crippen LogP contribution is 2.36. The number of halogens is 1. The third-order valence-corrected chi connectivity index (χ3v) is 3.07. The summed E-state index contributed by atoms with van der Waals surface area (Å²) in [6.07, 6.45) is -1.72. The third-order valence-electron chi connectivity index (χ3n) is 2.52. The molecule has 0 amide bonds. The van der Waals surface area contributed by atoms with Gasteiger partial charge in [-0.05, 0) is 13.8 Å². The number of rotatable bonds is 6. The van der Waals surface area contributed by atoms with E-state index in [-0.39, 0.29) is 23.7 Å². The molecule has 0 bridgehead atoms. The van der Waals surface area contributed by atoms with Gasteiger partial charge in [0, 0.05) is 11.1 Å². The molecule has 0 aliphatic heterocycles. The molecule has 0 aromatic heterocycles. The molecule has 19 heavy (non-hydrogen) atoms. The molecule has 5 nitrogen and oxygen atoms in total. The number of aliphatic carboxylic acids is 1. The van der Waals surface area contributed by atoms with E-state index in [2.05, 4.69) is 0 Å². The lowest BCUT2D eigenvalue weighted by Crippen LogP contribution is -2.14. The minimum absolute atomic E-state index is 0.0822. The summed E-state index contributed by atoms with van der Waals surface area (Å²) >= 11 is 5.98. The molecule has 0 aliphatic carbocycles. The van der Waals surface area contributed by atoms with E-state index in [1.165, 1.54) is 19.1 Å². The van der Waals surface area contributed by atoms with Crippen molar-refractivity contribution in [2.75, 3.05) is 6.61 Å². The van der Waals surface area contributed by atoms with Crippen LogP contribution in [0.4, 0.5) is 0 Å². The second-order valence-electron chi connectivity index (χ2n) is 3.91. The number of carbonyl (C=O) groups is 2. The van der Waals surface area contributed by atoms with E-state index in [1.807, 2.05) is 0 Å². The second-order valence-corrected chi connectivity index (χ2v) is 4.35. The number of Topliss-reactive ketones (excluding diaryl/α,β-unsaturated/α-hetero) is 1. The Bertz CT molecular complexity index is 448. The van der Waals surface area contributed by atoms with Crippen LogP contribution in [0.2, 0.25) is 0 Å². The summed E-state index contributed by atoms with van der Waals surface area (Å²) in [6.45, 7) is 3.30. The predicted octanol–water partition coefficient (Wildman–Crippen LogP) is 2.07. The van der Waals surface area contributed by atoms with Gasteiger partial charge in [0.2, 0.25) is 0 Å². The largest absolute Gasteiger partial charge is 0.493 e. The van der Waals surface area contributed by atoms with Crippen LogP contribution in [0.5, 0.6) is 5.75 Å². The van der Waals surface area contributed by atoms with Crippen LogP contribution in [-0.2, 0) is 9.59 Å². The number of alkyl halides is 1. The number of benzene rings is 1. The summed E-state index contributed by atoms with van der Waals surface area (Å²) < 4.78 is 5.35. The van der Waals surface area contributed by atoms with Gasteiger partial charge in [-0.15, -0.1) is 11.6 Å². The van der Waals surface area contributed by atoms with Crippen LogP contribution in [0.1, 0.15) is 36.5 Å².